The van der Waals surface area contributed by atoms with E-state index >= 15 is 0 Å². The van der Waals surface area contributed by atoms with Crippen molar-refractivity contribution < 1.29 is 13.2 Å². The molecule has 128 valence electrons. The van der Waals surface area contributed by atoms with E-state index in [9.17, 15) is 13.2 Å². The van der Waals surface area contributed by atoms with Gasteiger partial charge in [0.15, 0.2) is 0 Å². The van der Waals surface area contributed by atoms with Gasteiger partial charge in [0.05, 0.1) is 11.3 Å². The van der Waals surface area contributed by atoms with E-state index < -0.39 is 11.7 Å². The number of hydrogen-bond donors (Lipinski definition) is 1. The number of halogens is 3. The van der Waals surface area contributed by atoms with Gasteiger partial charge in [0.1, 0.15) is 5.82 Å². The number of aromatic nitrogens is 2. The summed E-state index contributed by atoms with van der Waals surface area (Å²) in [5.74, 6) is 1.25. The minimum absolute atomic E-state index is 0.0522. The fraction of sp³-hybridized carbons (Fsp3) is 0.444. The number of rotatable bonds is 4. The number of benzene rings is 1. The molecule has 2 aromatic rings. The fourth-order valence-corrected chi connectivity index (χ4v) is 3.16. The molecule has 6 heteroatoms. The monoisotopic (exact) mass is 335 g/mol. The maximum Gasteiger partial charge on any atom is 0.417 e. The molecule has 3 rings (SSSR count). The highest BCUT2D eigenvalue weighted by molar-refractivity contribution is 5.64. The van der Waals surface area contributed by atoms with Crippen molar-refractivity contribution in [3.05, 3.63) is 42.0 Å². The van der Waals surface area contributed by atoms with E-state index in [1.165, 1.54) is 44.2 Å². The second-order valence-electron chi connectivity index (χ2n) is 6.23. The average Bonchev–Trinajstić information content (AvgIpc) is 2.61. The molecule has 1 aliphatic carbocycles. The van der Waals surface area contributed by atoms with Gasteiger partial charge in [-0.05, 0) is 37.0 Å². The van der Waals surface area contributed by atoms with Crippen LogP contribution >= 0.6 is 0 Å². The molecule has 0 saturated heterocycles. The van der Waals surface area contributed by atoms with Crippen LogP contribution in [0.2, 0.25) is 0 Å². The number of nitrogens with zero attached hydrogens (tertiary/aromatic N) is 2. The van der Waals surface area contributed by atoms with Crippen molar-refractivity contribution in [3.63, 3.8) is 0 Å². The van der Waals surface area contributed by atoms with E-state index in [-0.39, 0.29) is 11.3 Å². The van der Waals surface area contributed by atoms with Gasteiger partial charge in [0, 0.05) is 12.1 Å². The normalized spacial score (nSPS) is 16.1. The van der Waals surface area contributed by atoms with Gasteiger partial charge in [-0.1, -0.05) is 37.5 Å². The van der Waals surface area contributed by atoms with Gasteiger partial charge >= 0.3 is 6.18 Å². The largest absolute Gasteiger partial charge is 0.417 e. The predicted molar refractivity (Wildman–Crippen MR) is 87.5 cm³/mol. The molecule has 1 aromatic heterocycles. The van der Waals surface area contributed by atoms with Gasteiger partial charge in [-0.15, -0.1) is 10.2 Å². The number of anilines is 1. The van der Waals surface area contributed by atoms with Crippen LogP contribution in [0.4, 0.5) is 19.0 Å². The second kappa shape index (κ2) is 7.20. The first-order valence-electron chi connectivity index (χ1n) is 8.28. The molecule has 1 heterocycles. The van der Waals surface area contributed by atoms with Crippen molar-refractivity contribution in [2.45, 2.75) is 38.3 Å². The molecule has 0 unspecified atom stereocenters. The van der Waals surface area contributed by atoms with Crippen LogP contribution in [-0.4, -0.2) is 16.7 Å². The van der Waals surface area contributed by atoms with E-state index in [1.54, 1.807) is 18.2 Å². The van der Waals surface area contributed by atoms with Crippen molar-refractivity contribution in [1.29, 1.82) is 0 Å². The van der Waals surface area contributed by atoms with Crippen LogP contribution in [0.25, 0.3) is 11.3 Å². The van der Waals surface area contributed by atoms with E-state index in [2.05, 4.69) is 15.5 Å². The number of hydrogen-bond acceptors (Lipinski definition) is 3. The summed E-state index contributed by atoms with van der Waals surface area (Å²) in [6.07, 6.45) is 1.88. The Kier molecular flexibility index (Phi) is 5.02. The fourth-order valence-electron chi connectivity index (χ4n) is 3.16. The molecule has 0 spiro atoms. The highest BCUT2D eigenvalue weighted by Crippen LogP contribution is 2.36. The van der Waals surface area contributed by atoms with Crippen LogP contribution in [-0.2, 0) is 6.18 Å². The molecule has 3 nitrogen and oxygen atoms in total. The van der Waals surface area contributed by atoms with Gasteiger partial charge < -0.3 is 5.32 Å². The molecule has 1 saturated carbocycles. The van der Waals surface area contributed by atoms with Gasteiger partial charge in [-0.2, -0.15) is 13.2 Å². The lowest BCUT2D eigenvalue weighted by molar-refractivity contribution is -0.137. The Bertz CT molecular complexity index is 662. The first kappa shape index (κ1) is 16.7. The van der Waals surface area contributed by atoms with E-state index in [4.69, 9.17) is 0 Å². The van der Waals surface area contributed by atoms with Crippen LogP contribution in [0, 0.1) is 5.92 Å². The maximum atomic E-state index is 13.1. The molecular formula is C18H20F3N3. The minimum atomic E-state index is -4.41. The van der Waals surface area contributed by atoms with E-state index in [0.29, 0.717) is 11.7 Å². The van der Waals surface area contributed by atoms with Crippen LogP contribution in [0.5, 0.6) is 0 Å². The molecule has 0 aliphatic heterocycles. The van der Waals surface area contributed by atoms with E-state index in [0.717, 1.165) is 12.6 Å². The summed E-state index contributed by atoms with van der Waals surface area (Å²) in [6, 6.07) is 8.70. The first-order chi connectivity index (χ1) is 11.5. The Balaban J connectivity index is 1.71. The Hall–Kier alpha value is -2.11. The average molecular weight is 335 g/mol. The van der Waals surface area contributed by atoms with Gasteiger partial charge in [-0.25, -0.2) is 0 Å². The van der Waals surface area contributed by atoms with E-state index in [1.807, 2.05) is 0 Å². The molecule has 0 bridgehead atoms. The lowest BCUT2D eigenvalue weighted by atomic mass is 9.89. The summed E-state index contributed by atoms with van der Waals surface area (Å²) in [7, 11) is 0. The maximum absolute atomic E-state index is 13.1. The third kappa shape index (κ3) is 4.04. The summed E-state index contributed by atoms with van der Waals surface area (Å²) >= 11 is 0. The lowest BCUT2D eigenvalue weighted by Crippen LogP contribution is -2.17. The SMILES string of the molecule is FC(F)(F)c1ccccc1-c1ccc(NCC2CCCCC2)nn1. The van der Waals surface area contributed by atoms with Crippen molar-refractivity contribution in [2.24, 2.45) is 5.92 Å². The van der Waals surface area contributed by atoms with Crippen LogP contribution < -0.4 is 5.32 Å². The zero-order chi connectivity index (χ0) is 17.0. The zero-order valence-corrected chi connectivity index (χ0v) is 13.3. The molecule has 1 aliphatic rings. The molecular weight excluding hydrogens is 315 g/mol. The van der Waals surface area contributed by atoms with Crippen LogP contribution in [0.15, 0.2) is 36.4 Å². The zero-order valence-electron chi connectivity index (χ0n) is 13.3. The Morgan fingerprint density at radius 3 is 2.38 bits per heavy atom. The Morgan fingerprint density at radius 1 is 0.958 bits per heavy atom. The molecule has 1 N–H and O–H groups in total. The topological polar surface area (TPSA) is 37.8 Å². The summed E-state index contributed by atoms with van der Waals surface area (Å²) in [6.45, 7) is 0.840. The Morgan fingerprint density at radius 2 is 1.71 bits per heavy atom. The summed E-state index contributed by atoms with van der Waals surface area (Å²) in [5, 5.41) is 11.3. The molecule has 1 fully saturated rings. The summed E-state index contributed by atoms with van der Waals surface area (Å²) in [5.41, 5.74) is -0.412. The van der Waals surface area contributed by atoms with Crippen LogP contribution in [0.3, 0.4) is 0 Å². The highest BCUT2D eigenvalue weighted by atomic mass is 19.4. The van der Waals surface area contributed by atoms with Crippen molar-refractivity contribution >= 4 is 5.82 Å². The number of nitrogens with one attached hydrogen (secondary N) is 1. The summed E-state index contributed by atoms with van der Waals surface area (Å²) < 4.78 is 39.2. The van der Waals surface area contributed by atoms with Crippen molar-refractivity contribution in [1.82, 2.24) is 10.2 Å². The highest BCUT2D eigenvalue weighted by Gasteiger charge is 2.33. The molecule has 0 amide bonds. The molecule has 24 heavy (non-hydrogen) atoms. The standard InChI is InChI=1S/C18H20F3N3/c19-18(20,21)15-9-5-4-8-14(15)16-10-11-17(24-23-16)22-12-13-6-2-1-3-7-13/h4-5,8-11,13H,1-3,6-7,12H2,(H,22,24). The van der Waals surface area contributed by atoms with Gasteiger partial charge in [0.2, 0.25) is 0 Å². The van der Waals surface area contributed by atoms with Gasteiger partial charge in [0.25, 0.3) is 0 Å². The quantitative estimate of drug-likeness (QED) is 0.839. The first-order valence-corrected chi connectivity index (χ1v) is 8.28. The Labute approximate surface area is 139 Å². The van der Waals surface area contributed by atoms with Crippen molar-refractivity contribution in [2.75, 3.05) is 11.9 Å². The predicted octanol–water partition coefficient (Wildman–Crippen LogP) is 5.15. The molecule has 1 aromatic carbocycles. The third-order valence-electron chi connectivity index (χ3n) is 4.47. The van der Waals surface area contributed by atoms with Crippen molar-refractivity contribution in [3.8, 4) is 11.3 Å². The van der Waals surface area contributed by atoms with Gasteiger partial charge in [-0.3, -0.25) is 0 Å². The third-order valence-corrected chi connectivity index (χ3v) is 4.47. The molecule has 0 atom stereocenters. The summed E-state index contributed by atoms with van der Waals surface area (Å²) in [4.78, 5) is 0. The number of alkyl halides is 3. The minimum Gasteiger partial charge on any atom is -0.368 e. The van der Waals surface area contributed by atoms with Crippen LogP contribution in [0.1, 0.15) is 37.7 Å². The molecule has 0 radical (unpaired) electrons. The smallest absolute Gasteiger partial charge is 0.368 e. The second-order valence-corrected chi connectivity index (χ2v) is 6.23. The lowest BCUT2D eigenvalue weighted by Gasteiger charge is -2.21.